The molecular formula is C19H29N3O5. The van der Waals surface area contributed by atoms with Crippen molar-refractivity contribution >= 4 is 17.9 Å². The number of aromatic carboxylic acids is 1. The molecular weight excluding hydrogens is 350 g/mol. The number of urea groups is 1. The predicted octanol–water partition coefficient (Wildman–Crippen LogP) is 2.66. The third-order valence-electron chi connectivity index (χ3n) is 4.81. The van der Waals surface area contributed by atoms with Crippen molar-refractivity contribution in [1.29, 1.82) is 0 Å². The second-order valence-corrected chi connectivity index (χ2v) is 7.08. The lowest BCUT2D eigenvalue weighted by Crippen LogP contribution is -2.43. The third kappa shape index (κ3) is 6.62. The largest absolute Gasteiger partial charge is 0.478 e. The van der Waals surface area contributed by atoms with Gasteiger partial charge in [-0.25, -0.2) is 9.59 Å². The lowest BCUT2D eigenvalue weighted by molar-refractivity contribution is -0.130. The zero-order valence-electron chi connectivity index (χ0n) is 16.0. The van der Waals surface area contributed by atoms with Gasteiger partial charge >= 0.3 is 12.0 Å². The van der Waals surface area contributed by atoms with Crippen LogP contribution in [0, 0.1) is 6.92 Å². The molecule has 3 amide bonds. The summed E-state index contributed by atoms with van der Waals surface area (Å²) < 4.78 is 5.39. The van der Waals surface area contributed by atoms with Gasteiger partial charge in [-0.05, 0) is 32.3 Å². The summed E-state index contributed by atoms with van der Waals surface area (Å²) in [5.41, 5.74) is 0.110. The van der Waals surface area contributed by atoms with Crippen molar-refractivity contribution in [3.05, 3.63) is 23.2 Å². The third-order valence-corrected chi connectivity index (χ3v) is 4.81. The summed E-state index contributed by atoms with van der Waals surface area (Å²) >= 11 is 0. The van der Waals surface area contributed by atoms with Crippen molar-refractivity contribution in [2.45, 2.75) is 64.5 Å². The maximum atomic E-state index is 12.2. The molecule has 8 nitrogen and oxygen atoms in total. The second-order valence-electron chi connectivity index (χ2n) is 7.08. The van der Waals surface area contributed by atoms with Crippen LogP contribution in [0.15, 0.2) is 10.5 Å². The van der Waals surface area contributed by atoms with E-state index < -0.39 is 5.97 Å². The molecule has 1 aromatic rings. The van der Waals surface area contributed by atoms with Gasteiger partial charge in [0, 0.05) is 26.1 Å². The zero-order valence-corrected chi connectivity index (χ0v) is 16.0. The molecule has 0 radical (unpaired) electrons. The molecule has 0 atom stereocenters. The Bertz CT molecular complexity index is 664. The summed E-state index contributed by atoms with van der Waals surface area (Å²) in [6.45, 7) is 2.22. The molecule has 150 valence electrons. The highest BCUT2D eigenvalue weighted by Crippen LogP contribution is 2.17. The predicted molar refractivity (Wildman–Crippen MR) is 99.5 cm³/mol. The summed E-state index contributed by atoms with van der Waals surface area (Å²) in [7, 11) is 1.64. The van der Waals surface area contributed by atoms with E-state index in [4.69, 9.17) is 9.52 Å². The first-order chi connectivity index (χ1) is 12.9. The van der Waals surface area contributed by atoms with Crippen LogP contribution in [-0.2, 0) is 11.3 Å². The van der Waals surface area contributed by atoms with Crippen LogP contribution in [0.1, 0.15) is 66.8 Å². The van der Waals surface area contributed by atoms with Gasteiger partial charge in [0.25, 0.3) is 0 Å². The number of aryl methyl sites for hydroxylation is 1. The molecule has 0 spiro atoms. The molecule has 1 aliphatic rings. The minimum Gasteiger partial charge on any atom is -0.478 e. The highest BCUT2D eigenvalue weighted by Gasteiger charge is 2.17. The first-order valence-corrected chi connectivity index (χ1v) is 9.47. The van der Waals surface area contributed by atoms with E-state index in [0.717, 1.165) is 25.7 Å². The van der Waals surface area contributed by atoms with Gasteiger partial charge in [0.2, 0.25) is 5.91 Å². The van der Waals surface area contributed by atoms with Gasteiger partial charge < -0.3 is 25.1 Å². The van der Waals surface area contributed by atoms with Gasteiger partial charge in [-0.1, -0.05) is 19.3 Å². The normalized spacial score (nSPS) is 14.6. The Kier molecular flexibility index (Phi) is 7.69. The van der Waals surface area contributed by atoms with E-state index in [1.54, 1.807) is 14.0 Å². The van der Waals surface area contributed by atoms with Crippen molar-refractivity contribution < 1.29 is 23.9 Å². The smallest absolute Gasteiger partial charge is 0.339 e. The Morgan fingerprint density at radius 2 is 1.96 bits per heavy atom. The lowest BCUT2D eigenvalue weighted by Gasteiger charge is -2.22. The van der Waals surface area contributed by atoms with Gasteiger partial charge in [-0.2, -0.15) is 0 Å². The molecule has 3 N–H and O–H groups in total. The number of nitrogens with zero attached hydrogens (tertiary/aromatic N) is 1. The Morgan fingerprint density at radius 1 is 1.26 bits per heavy atom. The zero-order chi connectivity index (χ0) is 19.8. The number of carbonyl (C=O) groups excluding carboxylic acids is 2. The van der Waals surface area contributed by atoms with Crippen LogP contribution >= 0.6 is 0 Å². The Balaban J connectivity index is 1.65. The summed E-state index contributed by atoms with van der Waals surface area (Å²) in [6, 6.07) is 1.53. The van der Waals surface area contributed by atoms with Gasteiger partial charge in [0.05, 0.1) is 6.54 Å². The second kappa shape index (κ2) is 9.99. The molecule has 2 rings (SSSR count). The Hall–Kier alpha value is -2.51. The van der Waals surface area contributed by atoms with Gasteiger partial charge in [0.15, 0.2) is 0 Å². The number of carbonyl (C=O) groups is 3. The highest BCUT2D eigenvalue weighted by atomic mass is 16.4. The van der Waals surface area contributed by atoms with E-state index >= 15 is 0 Å². The molecule has 1 saturated carbocycles. The Labute approximate surface area is 159 Å². The van der Waals surface area contributed by atoms with Gasteiger partial charge in [-0.3, -0.25) is 4.79 Å². The number of amides is 3. The van der Waals surface area contributed by atoms with Crippen molar-refractivity contribution in [2.24, 2.45) is 0 Å². The number of nitrogens with one attached hydrogen (secondary N) is 2. The minimum absolute atomic E-state index is 0.0876. The fraction of sp³-hybridized carbons (Fsp3) is 0.632. The fourth-order valence-corrected chi connectivity index (χ4v) is 3.27. The Morgan fingerprint density at radius 3 is 2.59 bits per heavy atom. The van der Waals surface area contributed by atoms with Crippen molar-refractivity contribution in [2.75, 3.05) is 13.6 Å². The molecule has 0 bridgehead atoms. The average molecular weight is 379 g/mol. The molecule has 1 aliphatic carbocycles. The molecule has 0 saturated heterocycles. The highest BCUT2D eigenvalue weighted by molar-refractivity contribution is 5.88. The van der Waals surface area contributed by atoms with Gasteiger partial charge in [-0.15, -0.1) is 0 Å². The molecule has 0 aliphatic heterocycles. The minimum atomic E-state index is -1.05. The van der Waals surface area contributed by atoms with Crippen LogP contribution in [-0.4, -0.2) is 47.5 Å². The number of rotatable bonds is 8. The molecule has 1 heterocycles. The maximum Gasteiger partial charge on any atom is 0.339 e. The molecule has 1 aromatic heterocycles. The first-order valence-electron chi connectivity index (χ1n) is 9.47. The van der Waals surface area contributed by atoms with E-state index in [-0.39, 0.29) is 30.1 Å². The average Bonchev–Trinajstić information content (AvgIpc) is 2.99. The molecule has 0 unspecified atom stereocenters. The monoisotopic (exact) mass is 379 g/mol. The lowest BCUT2D eigenvalue weighted by atomic mass is 9.96. The van der Waals surface area contributed by atoms with Crippen LogP contribution in [0.4, 0.5) is 4.79 Å². The van der Waals surface area contributed by atoms with Crippen LogP contribution in [0.3, 0.4) is 0 Å². The maximum absolute atomic E-state index is 12.2. The number of carboxylic acids is 1. The summed E-state index contributed by atoms with van der Waals surface area (Å²) in [5.74, 6) is -0.373. The molecule has 8 heteroatoms. The van der Waals surface area contributed by atoms with Crippen LogP contribution in [0.25, 0.3) is 0 Å². The van der Waals surface area contributed by atoms with E-state index in [0.29, 0.717) is 30.9 Å². The van der Waals surface area contributed by atoms with Crippen LogP contribution < -0.4 is 10.6 Å². The van der Waals surface area contributed by atoms with Crippen LogP contribution in [0.5, 0.6) is 0 Å². The quantitative estimate of drug-likeness (QED) is 0.601. The number of carboxylic acid groups (broad SMARTS) is 1. The van der Waals surface area contributed by atoms with E-state index in [2.05, 4.69) is 10.6 Å². The van der Waals surface area contributed by atoms with E-state index in [1.165, 1.54) is 17.4 Å². The topological polar surface area (TPSA) is 112 Å². The molecule has 0 aromatic carbocycles. The molecule has 1 fully saturated rings. The summed E-state index contributed by atoms with van der Waals surface area (Å²) in [6.07, 6.45) is 6.47. The van der Waals surface area contributed by atoms with E-state index in [1.807, 2.05) is 0 Å². The fourth-order valence-electron chi connectivity index (χ4n) is 3.27. The van der Waals surface area contributed by atoms with Crippen molar-refractivity contribution in [3.8, 4) is 0 Å². The van der Waals surface area contributed by atoms with Crippen LogP contribution in [0.2, 0.25) is 0 Å². The summed E-state index contributed by atoms with van der Waals surface area (Å²) in [4.78, 5) is 36.5. The van der Waals surface area contributed by atoms with E-state index in [9.17, 15) is 14.4 Å². The standard InChI is InChI=1S/C19H29N3O5/c1-13-16(18(24)25)11-15(27-13)12-22(2)17(23)9-6-10-20-19(26)21-14-7-4-3-5-8-14/h11,14H,3-10,12H2,1-2H3,(H,24,25)(H2,20,21,26). The number of hydrogen-bond donors (Lipinski definition) is 3. The number of hydrogen-bond acceptors (Lipinski definition) is 4. The molecule has 27 heavy (non-hydrogen) atoms. The van der Waals surface area contributed by atoms with Crippen molar-refractivity contribution in [1.82, 2.24) is 15.5 Å². The van der Waals surface area contributed by atoms with Crippen molar-refractivity contribution in [3.63, 3.8) is 0 Å². The first kappa shape index (κ1) is 20.8. The van der Waals surface area contributed by atoms with Gasteiger partial charge in [0.1, 0.15) is 17.1 Å². The summed E-state index contributed by atoms with van der Waals surface area (Å²) in [5, 5.41) is 14.8. The number of furan rings is 1. The SMILES string of the molecule is Cc1oc(CN(C)C(=O)CCCNC(=O)NC2CCCCC2)cc1C(=O)O.